The van der Waals surface area contributed by atoms with E-state index in [1.807, 2.05) is 18.7 Å². The second-order valence-corrected chi connectivity index (χ2v) is 7.17. The third-order valence-electron chi connectivity index (χ3n) is 3.46. The molecule has 0 aromatic carbocycles. The number of aromatic nitrogens is 1. The average molecular weight is 308 g/mol. The molecule has 2 heterocycles. The standard InChI is InChI=1S/C14H20N4O2S/c1-14(2,21-16-20)11-17-6-8-18(9-7-17)13(19)12-4-3-5-15-10-12/h3-5,10H,6-9,11H2,1-2H3. The number of amides is 1. The summed E-state index contributed by atoms with van der Waals surface area (Å²) in [5, 5.41) is 0. The highest BCUT2D eigenvalue weighted by Gasteiger charge is 2.28. The number of hydrogen-bond acceptors (Lipinski definition) is 6. The first-order chi connectivity index (χ1) is 10.0. The molecule has 0 atom stereocenters. The van der Waals surface area contributed by atoms with E-state index >= 15 is 0 Å². The maximum Gasteiger partial charge on any atom is 0.255 e. The van der Waals surface area contributed by atoms with Gasteiger partial charge in [-0.25, -0.2) is 0 Å². The first-order valence-electron chi connectivity index (χ1n) is 6.94. The molecule has 1 saturated heterocycles. The van der Waals surface area contributed by atoms with Crippen LogP contribution < -0.4 is 0 Å². The lowest BCUT2D eigenvalue weighted by atomic mass is 10.1. The fourth-order valence-electron chi connectivity index (χ4n) is 2.45. The van der Waals surface area contributed by atoms with Gasteiger partial charge in [-0.05, 0) is 26.0 Å². The van der Waals surface area contributed by atoms with Crippen molar-refractivity contribution in [3.8, 4) is 0 Å². The van der Waals surface area contributed by atoms with Gasteiger partial charge in [-0.2, -0.15) is 0 Å². The molecule has 6 nitrogen and oxygen atoms in total. The molecule has 1 aliphatic rings. The summed E-state index contributed by atoms with van der Waals surface area (Å²) in [6, 6.07) is 3.56. The van der Waals surface area contributed by atoms with E-state index in [-0.39, 0.29) is 10.7 Å². The summed E-state index contributed by atoms with van der Waals surface area (Å²) in [7, 11) is 0. The van der Waals surface area contributed by atoms with Crippen LogP contribution in [0.1, 0.15) is 24.2 Å². The second-order valence-electron chi connectivity index (χ2n) is 5.74. The van der Waals surface area contributed by atoms with E-state index in [0.717, 1.165) is 31.6 Å². The van der Waals surface area contributed by atoms with Crippen molar-refractivity contribution in [3.63, 3.8) is 0 Å². The van der Waals surface area contributed by atoms with Crippen LogP contribution in [0.5, 0.6) is 0 Å². The van der Waals surface area contributed by atoms with Crippen LogP contribution in [0, 0.1) is 4.91 Å². The van der Waals surface area contributed by atoms with Crippen LogP contribution in [-0.2, 0) is 0 Å². The van der Waals surface area contributed by atoms with Gasteiger partial charge in [0.1, 0.15) is 0 Å². The molecular weight excluding hydrogens is 288 g/mol. The molecule has 0 aliphatic carbocycles. The van der Waals surface area contributed by atoms with Crippen molar-refractivity contribution in [1.29, 1.82) is 0 Å². The second kappa shape index (κ2) is 7.00. The van der Waals surface area contributed by atoms with Gasteiger partial charge < -0.3 is 4.90 Å². The molecule has 1 fully saturated rings. The van der Waals surface area contributed by atoms with Gasteiger partial charge in [0.15, 0.2) is 0 Å². The highest BCUT2D eigenvalue weighted by molar-refractivity contribution is 7.99. The van der Waals surface area contributed by atoms with Gasteiger partial charge in [0.05, 0.1) is 5.56 Å². The van der Waals surface area contributed by atoms with Crippen molar-refractivity contribution in [2.24, 2.45) is 4.58 Å². The van der Waals surface area contributed by atoms with E-state index in [1.165, 1.54) is 0 Å². The zero-order valence-electron chi connectivity index (χ0n) is 12.4. The lowest BCUT2D eigenvalue weighted by molar-refractivity contribution is 0.0629. The number of nitrogens with zero attached hydrogens (tertiary/aromatic N) is 4. The fraction of sp³-hybridized carbons (Fsp3) is 0.571. The minimum absolute atomic E-state index is 0.0333. The van der Waals surface area contributed by atoms with Crippen molar-refractivity contribution in [2.75, 3.05) is 32.7 Å². The normalized spacial score (nSPS) is 16.8. The molecule has 1 aromatic rings. The lowest BCUT2D eigenvalue weighted by Crippen LogP contribution is -2.51. The highest BCUT2D eigenvalue weighted by atomic mass is 32.2. The summed E-state index contributed by atoms with van der Waals surface area (Å²) < 4.78 is 2.73. The Balaban J connectivity index is 1.86. The Morgan fingerprint density at radius 1 is 1.38 bits per heavy atom. The molecular formula is C14H20N4O2S. The summed E-state index contributed by atoms with van der Waals surface area (Å²) in [6.07, 6.45) is 3.26. The SMILES string of the molecule is CC(C)(CN1CCN(C(=O)c2cccnc2)CC1)SN=O. The van der Waals surface area contributed by atoms with Crippen LogP contribution in [-0.4, -0.2) is 58.2 Å². The van der Waals surface area contributed by atoms with Crippen LogP contribution >= 0.6 is 11.9 Å². The molecule has 0 unspecified atom stereocenters. The van der Waals surface area contributed by atoms with Gasteiger partial charge >= 0.3 is 0 Å². The van der Waals surface area contributed by atoms with E-state index in [9.17, 15) is 9.70 Å². The van der Waals surface area contributed by atoms with E-state index in [0.29, 0.717) is 18.7 Å². The zero-order valence-corrected chi connectivity index (χ0v) is 13.2. The summed E-state index contributed by atoms with van der Waals surface area (Å²) in [5.41, 5.74) is 0.631. The number of pyridine rings is 1. The Kier molecular flexibility index (Phi) is 5.30. The van der Waals surface area contributed by atoms with Crippen LogP contribution in [0.2, 0.25) is 0 Å². The number of carbonyl (C=O) groups excluding carboxylic acids is 1. The molecule has 7 heteroatoms. The molecule has 1 amide bonds. The molecule has 0 N–H and O–H groups in total. The Morgan fingerprint density at radius 2 is 2.10 bits per heavy atom. The largest absolute Gasteiger partial charge is 0.336 e. The Bertz CT molecular complexity index is 487. The molecule has 0 saturated carbocycles. The van der Waals surface area contributed by atoms with Crippen molar-refractivity contribution < 1.29 is 4.79 Å². The van der Waals surface area contributed by atoms with E-state index in [1.54, 1.807) is 24.5 Å². The van der Waals surface area contributed by atoms with Gasteiger partial charge in [-0.1, -0.05) is 0 Å². The summed E-state index contributed by atoms with van der Waals surface area (Å²) >= 11 is 1.07. The third kappa shape index (κ3) is 4.50. The maximum absolute atomic E-state index is 12.3. The molecule has 1 aliphatic heterocycles. The number of rotatable bonds is 5. The molecule has 0 radical (unpaired) electrons. The summed E-state index contributed by atoms with van der Waals surface area (Å²) in [5.74, 6) is 0.0333. The van der Waals surface area contributed by atoms with Crippen molar-refractivity contribution >= 4 is 17.9 Å². The predicted octanol–water partition coefficient (Wildman–Crippen LogP) is 2.03. The summed E-state index contributed by atoms with van der Waals surface area (Å²) in [6.45, 7) is 7.83. The van der Waals surface area contributed by atoms with Crippen LogP contribution in [0.3, 0.4) is 0 Å². The van der Waals surface area contributed by atoms with Crippen LogP contribution in [0.15, 0.2) is 29.1 Å². The Morgan fingerprint density at radius 3 is 2.67 bits per heavy atom. The van der Waals surface area contributed by atoms with E-state index in [2.05, 4.69) is 14.5 Å². The number of nitroso groups, excluding NO2 is 1. The monoisotopic (exact) mass is 308 g/mol. The number of piperazine rings is 1. The molecule has 114 valence electrons. The maximum atomic E-state index is 12.3. The minimum Gasteiger partial charge on any atom is -0.336 e. The van der Waals surface area contributed by atoms with E-state index in [4.69, 9.17) is 0 Å². The topological polar surface area (TPSA) is 65.9 Å². The molecule has 1 aromatic heterocycles. The molecule has 0 bridgehead atoms. The smallest absolute Gasteiger partial charge is 0.255 e. The van der Waals surface area contributed by atoms with Gasteiger partial charge in [0, 0.05) is 66.4 Å². The van der Waals surface area contributed by atoms with Gasteiger partial charge in [-0.3, -0.25) is 14.7 Å². The lowest BCUT2D eigenvalue weighted by Gasteiger charge is -2.37. The zero-order chi connectivity index (χ0) is 15.3. The highest BCUT2D eigenvalue weighted by Crippen LogP contribution is 2.26. The van der Waals surface area contributed by atoms with Crippen molar-refractivity contribution in [2.45, 2.75) is 18.6 Å². The minimum atomic E-state index is -0.197. The number of hydrogen-bond donors (Lipinski definition) is 0. The summed E-state index contributed by atoms with van der Waals surface area (Å²) in [4.78, 5) is 30.8. The first kappa shape index (κ1) is 15.9. The van der Waals surface area contributed by atoms with Crippen molar-refractivity contribution in [1.82, 2.24) is 14.8 Å². The average Bonchev–Trinajstić information content (AvgIpc) is 2.48. The quantitative estimate of drug-likeness (QED) is 0.615. The fourth-order valence-corrected chi connectivity index (χ4v) is 2.89. The predicted molar refractivity (Wildman–Crippen MR) is 84.0 cm³/mol. The van der Waals surface area contributed by atoms with Crippen LogP contribution in [0.25, 0.3) is 0 Å². The van der Waals surface area contributed by atoms with Gasteiger partial charge in [0.25, 0.3) is 5.91 Å². The van der Waals surface area contributed by atoms with Gasteiger partial charge in [-0.15, -0.1) is 4.91 Å². The molecule has 0 spiro atoms. The number of carbonyl (C=O) groups is 1. The van der Waals surface area contributed by atoms with Crippen molar-refractivity contribution in [3.05, 3.63) is 35.0 Å². The Hall–Kier alpha value is -1.47. The van der Waals surface area contributed by atoms with E-state index < -0.39 is 0 Å². The van der Waals surface area contributed by atoms with Crippen LogP contribution in [0.4, 0.5) is 0 Å². The third-order valence-corrected chi connectivity index (χ3v) is 4.15. The first-order valence-corrected chi connectivity index (χ1v) is 7.72. The Labute approximate surface area is 129 Å². The van der Waals surface area contributed by atoms with Gasteiger partial charge in [0.2, 0.25) is 0 Å². The molecule has 21 heavy (non-hydrogen) atoms. The molecule has 2 rings (SSSR count).